The van der Waals surface area contributed by atoms with Crippen molar-refractivity contribution >= 4 is 21.8 Å². The van der Waals surface area contributed by atoms with Gasteiger partial charge in [0.2, 0.25) is 0 Å². The lowest BCUT2D eigenvalue weighted by molar-refractivity contribution is 0.629. The molecule has 0 amide bonds. The number of hydrogen-bond donors (Lipinski definition) is 1. The molecule has 5 rings (SSSR count). The van der Waals surface area contributed by atoms with Gasteiger partial charge in [0, 0.05) is 17.4 Å². The largest absolute Gasteiger partial charge is 0.352 e. The molecule has 5 heteroatoms. The number of H-pyrrole nitrogens is 1. The van der Waals surface area contributed by atoms with Crippen LogP contribution in [0.4, 0.5) is 4.39 Å². The van der Waals surface area contributed by atoms with E-state index in [1.807, 2.05) is 18.2 Å². The van der Waals surface area contributed by atoms with Gasteiger partial charge in [0.05, 0.1) is 16.6 Å². The highest BCUT2D eigenvalue weighted by Gasteiger charge is 2.23. The summed E-state index contributed by atoms with van der Waals surface area (Å²) in [5.74, 6) is 0.375. The smallest absolute Gasteiger partial charge is 0.261 e. The second-order valence-corrected chi connectivity index (χ2v) is 5.83. The van der Waals surface area contributed by atoms with Crippen LogP contribution in [0.25, 0.3) is 33.3 Å². The summed E-state index contributed by atoms with van der Waals surface area (Å²) in [6.45, 7) is 0.558. The van der Waals surface area contributed by atoms with Gasteiger partial charge in [-0.25, -0.2) is 9.37 Å². The maximum atomic E-state index is 13.6. The van der Waals surface area contributed by atoms with Crippen molar-refractivity contribution < 1.29 is 4.39 Å². The molecular formula is C18H12FN3O. The van der Waals surface area contributed by atoms with Crippen LogP contribution in [0.5, 0.6) is 0 Å². The van der Waals surface area contributed by atoms with Gasteiger partial charge >= 0.3 is 0 Å². The highest BCUT2D eigenvalue weighted by molar-refractivity contribution is 5.91. The number of aromatic amines is 1. The van der Waals surface area contributed by atoms with Crippen molar-refractivity contribution in [1.29, 1.82) is 0 Å². The summed E-state index contributed by atoms with van der Waals surface area (Å²) in [6, 6.07) is 12.1. The Labute approximate surface area is 130 Å². The molecule has 3 heterocycles. The van der Waals surface area contributed by atoms with Crippen LogP contribution in [0, 0.1) is 5.82 Å². The van der Waals surface area contributed by atoms with Crippen molar-refractivity contribution in [2.75, 3.05) is 0 Å². The summed E-state index contributed by atoms with van der Waals surface area (Å²) < 4.78 is 15.3. The number of fused-ring (bicyclic) bond motifs is 6. The van der Waals surface area contributed by atoms with Crippen molar-refractivity contribution in [3.8, 4) is 11.5 Å². The van der Waals surface area contributed by atoms with Gasteiger partial charge in [0.1, 0.15) is 5.82 Å². The normalized spacial score (nSPS) is 13.3. The minimum Gasteiger partial charge on any atom is -0.352 e. The average Bonchev–Trinajstić information content (AvgIpc) is 2.93. The standard InChI is InChI=1S/C18H12FN3O/c19-10-5-6-15-13(9-10)11-7-8-22-17(16(11)20-15)21-14-4-2-1-3-12(14)18(22)23/h1-6,9,20H,7-8H2. The number of aryl methyl sites for hydroxylation is 1. The van der Waals surface area contributed by atoms with E-state index in [9.17, 15) is 9.18 Å². The highest BCUT2D eigenvalue weighted by atomic mass is 19.1. The second kappa shape index (κ2) is 4.29. The third-order valence-electron chi connectivity index (χ3n) is 4.54. The van der Waals surface area contributed by atoms with E-state index in [-0.39, 0.29) is 11.4 Å². The zero-order valence-electron chi connectivity index (χ0n) is 12.1. The lowest BCUT2D eigenvalue weighted by Gasteiger charge is -2.18. The Balaban J connectivity index is 1.90. The van der Waals surface area contributed by atoms with Gasteiger partial charge < -0.3 is 4.98 Å². The van der Waals surface area contributed by atoms with E-state index >= 15 is 0 Å². The molecule has 1 N–H and O–H groups in total. The predicted octanol–water partition coefficient (Wildman–Crippen LogP) is 3.24. The fourth-order valence-corrected chi connectivity index (χ4v) is 3.46. The second-order valence-electron chi connectivity index (χ2n) is 5.83. The van der Waals surface area contributed by atoms with Crippen molar-refractivity contribution in [2.24, 2.45) is 0 Å². The zero-order chi connectivity index (χ0) is 15.6. The van der Waals surface area contributed by atoms with Gasteiger partial charge in [-0.05, 0) is 42.3 Å². The monoisotopic (exact) mass is 305 g/mol. The summed E-state index contributed by atoms with van der Waals surface area (Å²) in [6.07, 6.45) is 0.686. The number of para-hydroxylation sites is 1. The molecular weight excluding hydrogens is 293 g/mol. The number of hydrogen-bond acceptors (Lipinski definition) is 2. The van der Waals surface area contributed by atoms with Crippen molar-refractivity contribution in [3.63, 3.8) is 0 Å². The van der Waals surface area contributed by atoms with E-state index in [0.29, 0.717) is 29.7 Å². The molecule has 0 bridgehead atoms. The van der Waals surface area contributed by atoms with E-state index in [1.54, 1.807) is 22.8 Å². The van der Waals surface area contributed by atoms with E-state index in [4.69, 9.17) is 0 Å². The Bertz CT molecular complexity index is 1160. The van der Waals surface area contributed by atoms with Gasteiger partial charge in [-0.3, -0.25) is 9.36 Å². The first-order valence-corrected chi connectivity index (χ1v) is 7.52. The van der Waals surface area contributed by atoms with Gasteiger partial charge in [-0.1, -0.05) is 12.1 Å². The van der Waals surface area contributed by atoms with Crippen molar-refractivity contribution in [1.82, 2.24) is 14.5 Å². The first kappa shape index (κ1) is 12.6. The van der Waals surface area contributed by atoms with Crippen molar-refractivity contribution in [2.45, 2.75) is 13.0 Å². The summed E-state index contributed by atoms with van der Waals surface area (Å²) in [5.41, 5.74) is 3.37. The number of aromatic nitrogens is 3. The van der Waals surface area contributed by atoms with Crippen LogP contribution in [0.3, 0.4) is 0 Å². The fourth-order valence-electron chi connectivity index (χ4n) is 3.46. The fraction of sp³-hybridized carbons (Fsp3) is 0.111. The minimum atomic E-state index is -0.256. The van der Waals surface area contributed by atoms with Crippen LogP contribution in [0.2, 0.25) is 0 Å². The maximum Gasteiger partial charge on any atom is 0.261 e. The Hall–Kier alpha value is -2.95. The molecule has 0 fully saturated rings. The molecule has 0 aliphatic carbocycles. The molecule has 4 nitrogen and oxygen atoms in total. The molecule has 0 atom stereocenters. The Morgan fingerprint density at radius 1 is 1.13 bits per heavy atom. The molecule has 23 heavy (non-hydrogen) atoms. The zero-order valence-corrected chi connectivity index (χ0v) is 12.1. The van der Waals surface area contributed by atoms with Crippen LogP contribution in [0.15, 0.2) is 47.3 Å². The molecule has 0 saturated heterocycles. The molecule has 2 aromatic heterocycles. The van der Waals surface area contributed by atoms with E-state index in [2.05, 4.69) is 9.97 Å². The first-order valence-electron chi connectivity index (χ1n) is 7.52. The topological polar surface area (TPSA) is 50.7 Å². The summed E-state index contributed by atoms with van der Waals surface area (Å²) in [5, 5.41) is 1.50. The SMILES string of the molecule is O=c1c2ccccc2nc2n1CCc1c-2[nH]c2ccc(F)cc12. The van der Waals surface area contributed by atoms with Gasteiger partial charge in [0.15, 0.2) is 5.82 Å². The molecule has 2 aromatic carbocycles. The van der Waals surface area contributed by atoms with Gasteiger partial charge in [0.25, 0.3) is 5.56 Å². The van der Waals surface area contributed by atoms with Gasteiger partial charge in [-0.2, -0.15) is 0 Å². The van der Waals surface area contributed by atoms with Crippen molar-refractivity contribution in [3.05, 3.63) is 64.2 Å². The number of nitrogens with one attached hydrogen (secondary N) is 1. The van der Waals surface area contributed by atoms with Crippen LogP contribution in [-0.4, -0.2) is 14.5 Å². The molecule has 4 aromatic rings. The molecule has 0 saturated carbocycles. The summed E-state index contributed by atoms with van der Waals surface area (Å²) in [4.78, 5) is 20.7. The third-order valence-corrected chi connectivity index (χ3v) is 4.54. The van der Waals surface area contributed by atoms with Crippen LogP contribution < -0.4 is 5.56 Å². The maximum absolute atomic E-state index is 13.6. The highest BCUT2D eigenvalue weighted by Crippen LogP contribution is 2.33. The number of nitrogens with zero attached hydrogens (tertiary/aromatic N) is 2. The molecule has 0 radical (unpaired) electrons. The predicted molar refractivity (Wildman–Crippen MR) is 87.0 cm³/mol. The van der Waals surface area contributed by atoms with Gasteiger partial charge in [-0.15, -0.1) is 0 Å². The molecule has 0 spiro atoms. The number of rotatable bonds is 0. The van der Waals surface area contributed by atoms with Crippen LogP contribution in [-0.2, 0) is 13.0 Å². The van der Waals surface area contributed by atoms with E-state index < -0.39 is 0 Å². The average molecular weight is 305 g/mol. The number of benzene rings is 2. The number of halogens is 1. The lowest BCUT2D eigenvalue weighted by atomic mass is 10.0. The first-order chi connectivity index (χ1) is 11.2. The quantitative estimate of drug-likeness (QED) is 0.542. The Kier molecular flexibility index (Phi) is 2.34. The molecule has 0 unspecified atom stereocenters. The summed E-state index contributed by atoms with van der Waals surface area (Å²) >= 11 is 0. The minimum absolute atomic E-state index is 0.0268. The van der Waals surface area contributed by atoms with E-state index in [1.165, 1.54) is 6.07 Å². The Morgan fingerprint density at radius 3 is 2.91 bits per heavy atom. The molecule has 112 valence electrons. The van der Waals surface area contributed by atoms with Crippen LogP contribution in [0.1, 0.15) is 5.56 Å². The summed E-state index contributed by atoms with van der Waals surface area (Å²) in [7, 11) is 0. The third kappa shape index (κ3) is 1.64. The lowest BCUT2D eigenvalue weighted by Crippen LogP contribution is -2.27. The van der Waals surface area contributed by atoms with E-state index in [0.717, 1.165) is 22.2 Å². The Morgan fingerprint density at radius 2 is 2.00 bits per heavy atom. The molecule has 1 aliphatic rings. The van der Waals surface area contributed by atoms with Crippen LogP contribution >= 0.6 is 0 Å². The molecule has 1 aliphatic heterocycles.